The third kappa shape index (κ3) is 4.32. The predicted molar refractivity (Wildman–Crippen MR) is 87.8 cm³/mol. The standard InChI is InChI=1S/C17H23N3O4/c1-10-3-5-12(6-4-10)7-14(16(18)23)19-17(24)15-8-13(22)9-20(15)11(2)21/h3-6,13-15,22H,7-9H2,1-2H3,(H2,18,23)(H,19,24)/t13-,14-,15+/m1/s1. The highest BCUT2D eigenvalue weighted by Crippen LogP contribution is 2.18. The number of aryl methyl sites for hydroxylation is 1. The number of primary amides is 1. The minimum Gasteiger partial charge on any atom is -0.391 e. The summed E-state index contributed by atoms with van der Waals surface area (Å²) in [5.41, 5.74) is 7.37. The second-order valence-electron chi connectivity index (χ2n) is 6.23. The van der Waals surface area contributed by atoms with Crippen LogP contribution in [0.3, 0.4) is 0 Å². The lowest BCUT2D eigenvalue weighted by molar-refractivity contribution is -0.138. The Bertz CT molecular complexity index is 629. The van der Waals surface area contributed by atoms with E-state index in [4.69, 9.17) is 5.73 Å². The fourth-order valence-electron chi connectivity index (χ4n) is 2.86. The molecular weight excluding hydrogens is 310 g/mol. The zero-order valence-electron chi connectivity index (χ0n) is 13.9. The maximum atomic E-state index is 12.4. The van der Waals surface area contributed by atoms with Gasteiger partial charge in [0.1, 0.15) is 12.1 Å². The van der Waals surface area contributed by atoms with Gasteiger partial charge >= 0.3 is 0 Å². The SMILES string of the molecule is CC(=O)N1C[C@H](O)C[C@H]1C(=O)N[C@H](Cc1ccc(C)cc1)C(N)=O. The molecule has 0 aromatic heterocycles. The van der Waals surface area contributed by atoms with Crippen molar-refractivity contribution in [2.24, 2.45) is 5.73 Å². The Labute approximate surface area is 140 Å². The van der Waals surface area contributed by atoms with Gasteiger partial charge < -0.3 is 21.1 Å². The molecule has 1 aromatic rings. The van der Waals surface area contributed by atoms with Crippen LogP contribution in [0.15, 0.2) is 24.3 Å². The van der Waals surface area contributed by atoms with Gasteiger partial charge in [-0.2, -0.15) is 0 Å². The number of benzene rings is 1. The highest BCUT2D eigenvalue weighted by atomic mass is 16.3. The molecule has 4 N–H and O–H groups in total. The average Bonchev–Trinajstić information content (AvgIpc) is 2.91. The Morgan fingerprint density at radius 1 is 1.33 bits per heavy atom. The number of amides is 3. The van der Waals surface area contributed by atoms with Crippen molar-refractivity contribution in [1.29, 1.82) is 0 Å². The summed E-state index contributed by atoms with van der Waals surface area (Å²) in [7, 11) is 0. The summed E-state index contributed by atoms with van der Waals surface area (Å²) in [6, 6.07) is 5.93. The summed E-state index contributed by atoms with van der Waals surface area (Å²) in [4.78, 5) is 37.0. The molecule has 1 saturated heterocycles. The molecule has 7 heteroatoms. The number of aliphatic hydroxyl groups is 1. The van der Waals surface area contributed by atoms with Crippen LogP contribution >= 0.6 is 0 Å². The lowest BCUT2D eigenvalue weighted by Gasteiger charge is -2.24. The van der Waals surface area contributed by atoms with E-state index >= 15 is 0 Å². The van der Waals surface area contributed by atoms with Gasteiger partial charge in [0.05, 0.1) is 6.10 Å². The molecule has 0 saturated carbocycles. The van der Waals surface area contributed by atoms with Crippen molar-refractivity contribution in [2.75, 3.05) is 6.54 Å². The van der Waals surface area contributed by atoms with Gasteiger partial charge in [-0.05, 0) is 12.5 Å². The predicted octanol–water partition coefficient (Wildman–Crippen LogP) is -0.511. The van der Waals surface area contributed by atoms with Gasteiger partial charge in [-0.25, -0.2) is 0 Å². The van der Waals surface area contributed by atoms with Crippen LogP contribution in [0.5, 0.6) is 0 Å². The molecule has 1 aliphatic heterocycles. The van der Waals surface area contributed by atoms with Crippen molar-refractivity contribution in [3.8, 4) is 0 Å². The molecular formula is C17H23N3O4. The number of nitrogens with zero attached hydrogens (tertiary/aromatic N) is 1. The fraction of sp³-hybridized carbons (Fsp3) is 0.471. The minimum atomic E-state index is -0.869. The van der Waals surface area contributed by atoms with E-state index in [1.807, 2.05) is 31.2 Å². The van der Waals surface area contributed by atoms with Crippen LogP contribution in [0.2, 0.25) is 0 Å². The average molecular weight is 333 g/mol. The molecule has 0 spiro atoms. The molecule has 0 bridgehead atoms. The van der Waals surface area contributed by atoms with E-state index < -0.39 is 30.0 Å². The van der Waals surface area contributed by atoms with E-state index in [0.29, 0.717) is 0 Å². The minimum absolute atomic E-state index is 0.118. The molecule has 1 fully saturated rings. The summed E-state index contributed by atoms with van der Waals surface area (Å²) in [5.74, 6) is -1.41. The number of β-amino-alcohol motifs (C(OH)–C–C–N with tert-alkyl or cyclic N) is 1. The highest BCUT2D eigenvalue weighted by Gasteiger charge is 2.38. The summed E-state index contributed by atoms with van der Waals surface area (Å²) >= 11 is 0. The van der Waals surface area contributed by atoms with E-state index in [0.717, 1.165) is 11.1 Å². The normalized spacial score (nSPS) is 21.4. The van der Waals surface area contributed by atoms with Gasteiger partial charge in [-0.1, -0.05) is 29.8 Å². The van der Waals surface area contributed by atoms with Crippen molar-refractivity contribution in [3.05, 3.63) is 35.4 Å². The van der Waals surface area contributed by atoms with E-state index in [9.17, 15) is 19.5 Å². The zero-order valence-corrected chi connectivity index (χ0v) is 13.9. The van der Waals surface area contributed by atoms with E-state index in [1.165, 1.54) is 11.8 Å². The number of hydrogen-bond acceptors (Lipinski definition) is 4. The highest BCUT2D eigenvalue weighted by molar-refractivity contribution is 5.91. The molecule has 7 nitrogen and oxygen atoms in total. The molecule has 3 atom stereocenters. The van der Waals surface area contributed by atoms with Crippen LogP contribution in [0, 0.1) is 6.92 Å². The second-order valence-corrected chi connectivity index (χ2v) is 6.23. The van der Waals surface area contributed by atoms with Crippen LogP contribution in [0.4, 0.5) is 0 Å². The first-order valence-electron chi connectivity index (χ1n) is 7.88. The largest absolute Gasteiger partial charge is 0.391 e. The van der Waals surface area contributed by atoms with Gasteiger partial charge in [-0.3, -0.25) is 14.4 Å². The Hall–Kier alpha value is -2.41. The van der Waals surface area contributed by atoms with E-state index in [-0.39, 0.29) is 25.3 Å². The third-order valence-electron chi connectivity index (χ3n) is 4.21. The smallest absolute Gasteiger partial charge is 0.243 e. The first-order chi connectivity index (χ1) is 11.3. The van der Waals surface area contributed by atoms with Gasteiger partial charge in [0, 0.05) is 26.3 Å². The zero-order chi connectivity index (χ0) is 17.9. The number of carbonyl (C=O) groups excluding carboxylic acids is 3. The lowest BCUT2D eigenvalue weighted by Crippen LogP contribution is -2.52. The topological polar surface area (TPSA) is 113 Å². The van der Waals surface area contributed by atoms with Crippen molar-refractivity contribution in [2.45, 2.75) is 44.9 Å². The van der Waals surface area contributed by atoms with E-state index in [2.05, 4.69) is 5.32 Å². The Balaban J connectivity index is 2.06. The first-order valence-corrected chi connectivity index (χ1v) is 7.88. The maximum absolute atomic E-state index is 12.4. The van der Waals surface area contributed by atoms with Gasteiger partial charge in [-0.15, -0.1) is 0 Å². The molecule has 0 unspecified atom stereocenters. The Morgan fingerprint density at radius 3 is 2.50 bits per heavy atom. The third-order valence-corrected chi connectivity index (χ3v) is 4.21. The van der Waals surface area contributed by atoms with Crippen molar-refractivity contribution in [3.63, 3.8) is 0 Å². The second kappa shape index (κ2) is 7.44. The van der Waals surface area contributed by atoms with Crippen molar-refractivity contribution in [1.82, 2.24) is 10.2 Å². The summed E-state index contributed by atoms with van der Waals surface area (Å²) in [6.45, 7) is 3.42. The van der Waals surface area contributed by atoms with Crippen LogP contribution < -0.4 is 11.1 Å². The van der Waals surface area contributed by atoms with Crippen LogP contribution in [0.25, 0.3) is 0 Å². The fourth-order valence-corrected chi connectivity index (χ4v) is 2.86. The van der Waals surface area contributed by atoms with Crippen LogP contribution in [-0.4, -0.2) is 52.5 Å². The summed E-state index contributed by atoms with van der Waals surface area (Å²) in [6.07, 6.45) is -0.313. The van der Waals surface area contributed by atoms with Crippen molar-refractivity contribution < 1.29 is 19.5 Å². The van der Waals surface area contributed by atoms with Crippen LogP contribution in [0.1, 0.15) is 24.5 Å². The molecule has 1 heterocycles. The number of hydrogen-bond donors (Lipinski definition) is 3. The van der Waals surface area contributed by atoms with Gasteiger partial charge in [0.25, 0.3) is 0 Å². The molecule has 24 heavy (non-hydrogen) atoms. The summed E-state index contributed by atoms with van der Waals surface area (Å²) in [5, 5.41) is 12.3. The Morgan fingerprint density at radius 2 is 1.96 bits per heavy atom. The molecule has 1 aliphatic rings. The number of nitrogens with two attached hydrogens (primary N) is 1. The van der Waals surface area contributed by atoms with Gasteiger partial charge in [0.15, 0.2) is 0 Å². The van der Waals surface area contributed by atoms with E-state index in [1.54, 1.807) is 0 Å². The number of rotatable bonds is 5. The lowest BCUT2D eigenvalue weighted by atomic mass is 10.0. The molecule has 0 aliphatic carbocycles. The quantitative estimate of drug-likeness (QED) is 0.673. The number of carbonyl (C=O) groups is 3. The molecule has 130 valence electrons. The molecule has 2 rings (SSSR count). The number of aliphatic hydroxyl groups excluding tert-OH is 1. The monoisotopic (exact) mass is 333 g/mol. The molecule has 1 aromatic carbocycles. The first kappa shape index (κ1) is 17.9. The number of nitrogens with one attached hydrogen (secondary N) is 1. The maximum Gasteiger partial charge on any atom is 0.243 e. The summed E-state index contributed by atoms with van der Waals surface area (Å²) < 4.78 is 0. The molecule has 3 amide bonds. The van der Waals surface area contributed by atoms with Crippen molar-refractivity contribution >= 4 is 17.7 Å². The number of likely N-dealkylation sites (tertiary alicyclic amines) is 1. The Kier molecular flexibility index (Phi) is 5.56. The molecule has 0 radical (unpaired) electrons. The van der Waals surface area contributed by atoms with Crippen LogP contribution in [-0.2, 0) is 20.8 Å². The van der Waals surface area contributed by atoms with Gasteiger partial charge in [0.2, 0.25) is 17.7 Å².